The van der Waals surface area contributed by atoms with E-state index in [-0.39, 0.29) is 5.41 Å². The molecular weight excluding hydrogens is 222 g/mol. The summed E-state index contributed by atoms with van der Waals surface area (Å²) < 4.78 is 0. The van der Waals surface area contributed by atoms with Gasteiger partial charge >= 0.3 is 0 Å². The van der Waals surface area contributed by atoms with Crippen LogP contribution in [0.3, 0.4) is 0 Å². The standard InChI is InChI=1S/C16H23NO/c1-3-4-13-17(2)15(18)16(11-8-12-16)14-9-6-5-7-10-14/h5-7,9-10H,3-4,8,11-13H2,1-2H3. The third-order valence-corrected chi connectivity index (χ3v) is 4.14. The smallest absolute Gasteiger partial charge is 0.232 e. The molecule has 0 aromatic heterocycles. The lowest BCUT2D eigenvalue weighted by atomic mass is 9.63. The summed E-state index contributed by atoms with van der Waals surface area (Å²) in [5.41, 5.74) is 0.980. The number of likely N-dealkylation sites (N-methyl/N-ethyl adjacent to an activating group) is 1. The van der Waals surface area contributed by atoms with Crippen LogP contribution in [-0.4, -0.2) is 24.4 Å². The topological polar surface area (TPSA) is 20.3 Å². The summed E-state index contributed by atoms with van der Waals surface area (Å²) in [7, 11) is 1.95. The van der Waals surface area contributed by atoms with Gasteiger partial charge in [-0.2, -0.15) is 0 Å². The minimum atomic E-state index is -0.219. The van der Waals surface area contributed by atoms with Gasteiger partial charge in [0.25, 0.3) is 0 Å². The van der Waals surface area contributed by atoms with Crippen molar-refractivity contribution in [2.75, 3.05) is 13.6 Å². The van der Waals surface area contributed by atoms with Crippen molar-refractivity contribution >= 4 is 5.91 Å². The average molecular weight is 245 g/mol. The van der Waals surface area contributed by atoms with Crippen LogP contribution in [0.25, 0.3) is 0 Å². The Hall–Kier alpha value is -1.31. The number of hydrogen-bond donors (Lipinski definition) is 0. The summed E-state index contributed by atoms with van der Waals surface area (Å²) in [6, 6.07) is 10.3. The molecule has 1 aliphatic carbocycles. The molecule has 0 unspecified atom stereocenters. The van der Waals surface area contributed by atoms with Gasteiger partial charge in [-0.1, -0.05) is 50.1 Å². The normalized spacial score (nSPS) is 17.0. The molecule has 1 aromatic rings. The summed E-state index contributed by atoms with van der Waals surface area (Å²) in [5, 5.41) is 0. The third kappa shape index (κ3) is 2.29. The van der Waals surface area contributed by atoms with Crippen LogP contribution in [0.4, 0.5) is 0 Å². The van der Waals surface area contributed by atoms with Crippen molar-refractivity contribution in [2.24, 2.45) is 0 Å². The Balaban J connectivity index is 2.15. The average Bonchev–Trinajstić information content (AvgIpc) is 2.36. The zero-order valence-corrected chi connectivity index (χ0v) is 11.5. The lowest BCUT2D eigenvalue weighted by Crippen LogP contribution is -2.50. The zero-order valence-electron chi connectivity index (χ0n) is 11.5. The van der Waals surface area contributed by atoms with E-state index >= 15 is 0 Å². The van der Waals surface area contributed by atoms with Crippen LogP contribution < -0.4 is 0 Å². The van der Waals surface area contributed by atoms with E-state index in [0.717, 1.165) is 32.2 Å². The van der Waals surface area contributed by atoms with Crippen LogP contribution in [0.15, 0.2) is 30.3 Å². The van der Waals surface area contributed by atoms with Crippen LogP contribution in [0.1, 0.15) is 44.6 Å². The van der Waals surface area contributed by atoms with Gasteiger partial charge in [0.15, 0.2) is 0 Å². The number of carbonyl (C=O) groups is 1. The predicted molar refractivity (Wildman–Crippen MR) is 74.5 cm³/mol. The second-order valence-electron chi connectivity index (χ2n) is 5.38. The molecule has 2 nitrogen and oxygen atoms in total. The second-order valence-corrected chi connectivity index (χ2v) is 5.38. The maximum Gasteiger partial charge on any atom is 0.232 e. The van der Waals surface area contributed by atoms with Crippen LogP contribution >= 0.6 is 0 Å². The van der Waals surface area contributed by atoms with Gasteiger partial charge in [0.1, 0.15) is 0 Å². The largest absolute Gasteiger partial charge is 0.345 e. The molecule has 0 spiro atoms. The molecule has 1 aromatic carbocycles. The highest BCUT2D eigenvalue weighted by Crippen LogP contribution is 2.44. The number of unbranched alkanes of at least 4 members (excludes halogenated alkanes) is 1. The predicted octanol–water partition coefficient (Wildman–Crippen LogP) is 3.37. The number of carbonyl (C=O) groups excluding carboxylic acids is 1. The summed E-state index contributed by atoms with van der Waals surface area (Å²) >= 11 is 0. The molecule has 0 atom stereocenters. The first kappa shape index (κ1) is 13.1. The zero-order chi connectivity index (χ0) is 13.0. The summed E-state index contributed by atoms with van der Waals surface area (Å²) in [4.78, 5) is 14.6. The van der Waals surface area contributed by atoms with E-state index in [9.17, 15) is 4.79 Å². The number of nitrogens with zero attached hydrogens (tertiary/aromatic N) is 1. The van der Waals surface area contributed by atoms with E-state index in [1.807, 2.05) is 30.1 Å². The van der Waals surface area contributed by atoms with Crippen LogP contribution in [0, 0.1) is 0 Å². The van der Waals surface area contributed by atoms with E-state index < -0.39 is 0 Å². The van der Waals surface area contributed by atoms with E-state index in [1.165, 1.54) is 12.0 Å². The first-order valence-corrected chi connectivity index (χ1v) is 7.02. The maximum absolute atomic E-state index is 12.7. The van der Waals surface area contributed by atoms with Crippen molar-refractivity contribution in [3.63, 3.8) is 0 Å². The molecule has 0 saturated heterocycles. The van der Waals surface area contributed by atoms with Gasteiger partial charge in [0, 0.05) is 13.6 Å². The van der Waals surface area contributed by atoms with Crippen LogP contribution in [0.2, 0.25) is 0 Å². The van der Waals surface area contributed by atoms with Crippen molar-refractivity contribution in [3.8, 4) is 0 Å². The maximum atomic E-state index is 12.7. The summed E-state index contributed by atoms with van der Waals surface area (Å²) in [6.45, 7) is 3.04. The Morgan fingerprint density at radius 1 is 1.28 bits per heavy atom. The number of hydrogen-bond acceptors (Lipinski definition) is 1. The molecule has 0 aliphatic heterocycles. The minimum absolute atomic E-state index is 0.219. The lowest BCUT2D eigenvalue weighted by Gasteiger charge is -2.43. The van der Waals surface area contributed by atoms with Gasteiger partial charge < -0.3 is 4.90 Å². The molecule has 2 rings (SSSR count). The molecule has 98 valence electrons. The van der Waals surface area contributed by atoms with E-state index in [2.05, 4.69) is 19.1 Å². The van der Waals surface area contributed by atoms with Crippen molar-refractivity contribution in [1.29, 1.82) is 0 Å². The summed E-state index contributed by atoms with van der Waals surface area (Å²) in [5.74, 6) is 0.313. The van der Waals surface area contributed by atoms with Crippen molar-refractivity contribution in [1.82, 2.24) is 4.90 Å². The Kier molecular flexibility index (Phi) is 4.05. The highest BCUT2D eigenvalue weighted by atomic mass is 16.2. The van der Waals surface area contributed by atoms with Gasteiger partial charge in [-0.05, 0) is 24.8 Å². The number of benzene rings is 1. The molecule has 18 heavy (non-hydrogen) atoms. The highest BCUT2D eigenvalue weighted by Gasteiger charge is 2.46. The lowest BCUT2D eigenvalue weighted by molar-refractivity contribution is -0.139. The minimum Gasteiger partial charge on any atom is -0.345 e. The number of amides is 1. The first-order chi connectivity index (χ1) is 8.70. The molecule has 1 amide bonds. The quantitative estimate of drug-likeness (QED) is 0.779. The van der Waals surface area contributed by atoms with Gasteiger partial charge in [-0.25, -0.2) is 0 Å². The Bertz CT molecular complexity index is 395. The molecule has 2 heteroatoms. The molecule has 0 N–H and O–H groups in total. The van der Waals surface area contributed by atoms with E-state index in [1.54, 1.807) is 0 Å². The highest BCUT2D eigenvalue weighted by molar-refractivity contribution is 5.89. The fraction of sp³-hybridized carbons (Fsp3) is 0.562. The van der Waals surface area contributed by atoms with Gasteiger partial charge in [-0.15, -0.1) is 0 Å². The van der Waals surface area contributed by atoms with Gasteiger partial charge in [0.05, 0.1) is 5.41 Å². The fourth-order valence-corrected chi connectivity index (χ4v) is 2.78. The molecule has 0 heterocycles. The molecule has 1 fully saturated rings. The van der Waals surface area contributed by atoms with Crippen LogP contribution in [-0.2, 0) is 10.2 Å². The van der Waals surface area contributed by atoms with Crippen molar-refractivity contribution in [3.05, 3.63) is 35.9 Å². The van der Waals surface area contributed by atoms with E-state index in [4.69, 9.17) is 0 Å². The summed E-state index contributed by atoms with van der Waals surface area (Å²) in [6.07, 6.45) is 5.41. The van der Waals surface area contributed by atoms with Gasteiger partial charge in [-0.3, -0.25) is 4.79 Å². The fourth-order valence-electron chi connectivity index (χ4n) is 2.78. The monoisotopic (exact) mass is 245 g/mol. The van der Waals surface area contributed by atoms with Crippen molar-refractivity contribution < 1.29 is 4.79 Å². The molecule has 1 saturated carbocycles. The Morgan fingerprint density at radius 3 is 2.44 bits per heavy atom. The molecule has 0 bridgehead atoms. The third-order valence-electron chi connectivity index (χ3n) is 4.14. The second kappa shape index (κ2) is 5.55. The number of rotatable bonds is 5. The molecule has 0 radical (unpaired) electrons. The van der Waals surface area contributed by atoms with Crippen molar-refractivity contribution in [2.45, 2.75) is 44.4 Å². The Morgan fingerprint density at radius 2 is 1.94 bits per heavy atom. The SMILES string of the molecule is CCCCN(C)C(=O)C1(c2ccccc2)CCC1. The van der Waals surface area contributed by atoms with Gasteiger partial charge in [0.2, 0.25) is 5.91 Å². The first-order valence-electron chi connectivity index (χ1n) is 7.02. The van der Waals surface area contributed by atoms with Crippen LogP contribution in [0.5, 0.6) is 0 Å². The molecule has 1 aliphatic rings. The Labute approximate surface area is 110 Å². The van der Waals surface area contributed by atoms with E-state index in [0.29, 0.717) is 5.91 Å². The molecular formula is C16H23NO.